The van der Waals surface area contributed by atoms with E-state index in [2.05, 4.69) is 27.4 Å². The minimum atomic E-state index is 0.812. The number of rotatable bonds is 3. The molecule has 0 aliphatic heterocycles. The van der Waals surface area contributed by atoms with Crippen molar-refractivity contribution in [3.8, 4) is 0 Å². The highest BCUT2D eigenvalue weighted by molar-refractivity contribution is 5.87. The van der Waals surface area contributed by atoms with Crippen molar-refractivity contribution in [2.24, 2.45) is 0 Å². The van der Waals surface area contributed by atoms with E-state index in [1.165, 1.54) is 5.56 Å². The first kappa shape index (κ1) is 9.90. The largest absolute Gasteiger partial charge is 0.379 e. The van der Waals surface area contributed by atoms with Gasteiger partial charge in [-0.1, -0.05) is 36.4 Å². The fraction of sp³-hybridized carbons (Fsp3) is 0.0714. The van der Waals surface area contributed by atoms with Crippen molar-refractivity contribution >= 4 is 16.7 Å². The number of H-pyrrole nitrogens is 1. The van der Waals surface area contributed by atoms with Gasteiger partial charge in [-0.3, -0.25) is 0 Å². The summed E-state index contributed by atoms with van der Waals surface area (Å²) in [4.78, 5) is 7.42. The number of hydrogen-bond acceptors (Lipinski definition) is 2. The molecule has 0 saturated carbocycles. The Balaban J connectivity index is 1.84. The van der Waals surface area contributed by atoms with Crippen LogP contribution in [0.5, 0.6) is 0 Å². The zero-order chi connectivity index (χ0) is 11.5. The van der Waals surface area contributed by atoms with Gasteiger partial charge in [-0.25, -0.2) is 4.98 Å². The maximum Gasteiger partial charge on any atom is 0.111 e. The molecule has 0 bridgehead atoms. The molecule has 0 aliphatic carbocycles. The molecule has 3 heteroatoms. The highest BCUT2D eigenvalue weighted by atomic mass is 14.9. The first-order valence-corrected chi connectivity index (χ1v) is 5.63. The van der Waals surface area contributed by atoms with Gasteiger partial charge in [0.25, 0.3) is 0 Å². The summed E-state index contributed by atoms with van der Waals surface area (Å²) in [7, 11) is 0. The van der Waals surface area contributed by atoms with Crippen molar-refractivity contribution in [1.29, 1.82) is 0 Å². The average Bonchev–Trinajstić information content (AvgIpc) is 2.86. The average molecular weight is 223 g/mol. The molecule has 3 rings (SSSR count). The summed E-state index contributed by atoms with van der Waals surface area (Å²) >= 11 is 0. The number of hydrogen-bond donors (Lipinski definition) is 2. The van der Waals surface area contributed by atoms with Crippen LogP contribution in [0.3, 0.4) is 0 Å². The molecule has 0 saturated heterocycles. The van der Waals surface area contributed by atoms with Crippen LogP contribution in [0.15, 0.2) is 54.9 Å². The van der Waals surface area contributed by atoms with E-state index in [1.54, 1.807) is 6.33 Å². The van der Waals surface area contributed by atoms with Gasteiger partial charge >= 0.3 is 0 Å². The Morgan fingerprint density at radius 3 is 2.76 bits per heavy atom. The summed E-state index contributed by atoms with van der Waals surface area (Å²) in [5.41, 5.74) is 4.37. The summed E-state index contributed by atoms with van der Waals surface area (Å²) in [5, 5.41) is 3.41. The van der Waals surface area contributed by atoms with Gasteiger partial charge < -0.3 is 10.3 Å². The van der Waals surface area contributed by atoms with E-state index in [1.807, 2.05) is 36.4 Å². The second-order valence-electron chi connectivity index (χ2n) is 3.94. The second kappa shape index (κ2) is 4.29. The molecule has 1 aromatic heterocycles. The number of benzene rings is 2. The molecular formula is C14H13N3. The molecule has 0 fully saturated rings. The summed E-state index contributed by atoms with van der Waals surface area (Å²) in [6, 6.07) is 16.4. The predicted molar refractivity (Wildman–Crippen MR) is 69.9 cm³/mol. The smallest absolute Gasteiger partial charge is 0.111 e. The van der Waals surface area contributed by atoms with Crippen molar-refractivity contribution in [1.82, 2.24) is 9.97 Å². The number of imidazole rings is 1. The highest BCUT2D eigenvalue weighted by Gasteiger charge is 2.01. The third-order valence-electron chi connectivity index (χ3n) is 2.78. The molecule has 2 aromatic carbocycles. The van der Waals surface area contributed by atoms with Gasteiger partial charge in [0, 0.05) is 6.54 Å². The third-order valence-corrected chi connectivity index (χ3v) is 2.78. The fourth-order valence-electron chi connectivity index (χ4n) is 1.90. The van der Waals surface area contributed by atoms with Gasteiger partial charge in [0.05, 0.1) is 17.5 Å². The Morgan fingerprint density at radius 2 is 1.88 bits per heavy atom. The zero-order valence-corrected chi connectivity index (χ0v) is 9.35. The molecule has 2 N–H and O–H groups in total. The Bertz CT molecular complexity index is 613. The molecular weight excluding hydrogens is 210 g/mol. The van der Waals surface area contributed by atoms with E-state index in [-0.39, 0.29) is 0 Å². The minimum absolute atomic E-state index is 0.812. The normalized spacial score (nSPS) is 10.6. The van der Waals surface area contributed by atoms with Gasteiger partial charge in [-0.2, -0.15) is 0 Å². The lowest BCUT2D eigenvalue weighted by Crippen LogP contribution is -1.99. The summed E-state index contributed by atoms with van der Waals surface area (Å²) in [6.07, 6.45) is 1.72. The summed E-state index contributed by atoms with van der Waals surface area (Å²) < 4.78 is 0. The predicted octanol–water partition coefficient (Wildman–Crippen LogP) is 3.18. The van der Waals surface area contributed by atoms with E-state index in [4.69, 9.17) is 0 Å². The van der Waals surface area contributed by atoms with Crippen LogP contribution in [0.4, 0.5) is 5.69 Å². The zero-order valence-electron chi connectivity index (χ0n) is 9.35. The number of nitrogens with one attached hydrogen (secondary N) is 2. The van der Waals surface area contributed by atoms with E-state index in [0.29, 0.717) is 0 Å². The quantitative estimate of drug-likeness (QED) is 0.716. The van der Waals surface area contributed by atoms with Crippen LogP contribution < -0.4 is 5.32 Å². The van der Waals surface area contributed by atoms with Crippen LogP contribution in [0.2, 0.25) is 0 Å². The highest BCUT2D eigenvalue weighted by Crippen LogP contribution is 2.20. The number of anilines is 1. The van der Waals surface area contributed by atoms with Gasteiger partial charge in [0.15, 0.2) is 0 Å². The molecule has 0 spiro atoms. The monoisotopic (exact) mass is 223 g/mol. The lowest BCUT2D eigenvalue weighted by molar-refractivity contribution is 1.15. The lowest BCUT2D eigenvalue weighted by atomic mass is 10.2. The first-order valence-electron chi connectivity index (χ1n) is 5.63. The number of aromatic nitrogens is 2. The number of fused-ring (bicyclic) bond motifs is 1. The molecule has 0 radical (unpaired) electrons. The standard InChI is InChI=1S/C14H13N3/c1-2-5-11(6-3-1)9-15-12-7-4-8-13-14(12)17-10-16-13/h1-8,10,15H,9H2,(H,16,17). The Labute approximate surface area is 99.5 Å². The SMILES string of the molecule is c1ccc(CNc2cccc3[nH]cnc23)cc1. The molecule has 0 aliphatic rings. The molecule has 3 aromatic rings. The minimum Gasteiger partial charge on any atom is -0.379 e. The molecule has 84 valence electrons. The molecule has 1 heterocycles. The molecule has 17 heavy (non-hydrogen) atoms. The molecule has 0 amide bonds. The maximum absolute atomic E-state index is 4.31. The number of nitrogens with zero attached hydrogens (tertiary/aromatic N) is 1. The topological polar surface area (TPSA) is 40.7 Å². The second-order valence-corrected chi connectivity index (χ2v) is 3.94. The van der Waals surface area contributed by atoms with Crippen LogP contribution in [0.25, 0.3) is 11.0 Å². The Morgan fingerprint density at radius 1 is 1.00 bits per heavy atom. The van der Waals surface area contributed by atoms with Crippen molar-refractivity contribution in [3.05, 3.63) is 60.4 Å². The number of para-hydroxylation sites is 1. The van der Waals surface area contributed by atoms with Crippen LogP contribution in [0, 0.1) is 0 Å². The lowest BCUT2D eigenvalue weighted by Gasteiger charge is -2.06. The molecule has 3 nitrogen and oxygen atoms in total. The van der Waals surface area contributed by atoms with Gasteiger partial charge in [-0.05, 0) is 17.7 Å². The van der Waals surface area contributed by atoms with E-state index >= 15 is 0 Å². The van der Waals surface area contributed by atoms with Gasteiger partial charge in [0.2, 0.25) is 0 Å². The van der Waals surface area contributed by atoms with Crippen LogP contribution >= 0.6 is 0 Å². The van der Waals surface area contributed by atoms with Crippen molar-refractivity contribution < 1.29 is 0 Å². The summed E-state index contributed by atoms with van der Waals surface area (Å²) in [5.74, 6) is 0. The Hall–Kier alpha value is -2.29. The van der Waals surface area contributed by atoms with Crippen molar-refractivity contribution in [3.63, 3.8) is 0 Å². The first-order chi connectivity index (χ1) is 8.43. The van der Waals surface area contributed by atoms with E-state index in [9.17, 15) is 0 Å². The van der Waals surface area contributed by atoms with Gasteiger partial charge in [0.1, 0.15) is 5.52 Å². The van der Waals surface area contributed by atoms with Crippen molar-refractivity contribution in [2.45, 2.75) is 6.54 Å². The third kappa shape index (κ3) is 1.99. The molecule has 0 unspecified atom stereocenters. The number of aromatic amines is 1. The Kier molecular flexibility index (Phi) is 2.50. The molecule has 0 atom stereocenters. The van der Waals surface area contributed by atoms with E-state index < -0.39 is 0 Å². The summed E-state index contributed by atoms with van der Waals surface area (Å²) in [6.45, 7) is 0.812. The fourth-order valence-corrected chi connectivity index (χ4v) is 1.90. The van der Waals surface area contributed by atoms with Gasteiger partial charge in [-0.15, -0.1) is 0 Å². The van der Waals surface area contributed by atoms with Crippen LogP contribution in [0.1, 0.15) is 5.56 Å². The van der Waals surface area contributed by atoms with Crippen LogP contribution in [-0.2, 0) is 6.54 Å². The van der Waals surface area contributed by atoms with Crippen LogP contribution in [-0.4, -0.2) is 9.97 Å². The maximum atomic E-state index is 4.31. The van der Waals surface area contributed by atoms with Crippen molar-refractivity contribution in [2.75, 3.05) is 5.32 Å². The van der Waals surface area contributed by atoms with E-state index in [0.717, 1.165) is 23.3 Å².